The maximum atomic E-state index is 14.4. The number of likely N-dealkylation sites (N-methyl/N-ethyl adjacent to an activating group) is 1. The van der Waals surface area contributed by atoms with Crippen molar-refractivity contribution < 1.29 is 22.7 Å². The Labute approximate surface area is 271 Å². The molecule has 8 nitrogen and oxygen atoms in total. The van der Waals surface area contributed by atoms with E-state index < -0.39 is 28.5 Å². The number of anilines is 1. The van der Waals surface area contributed by atoms with Crippen molar-refractivity contribution in [2.75, 3.05) is 25.0 Å². The van der Waals surface area contributed by atoms with Crippen LogP contribution < -0.4 is 14.4 Å². The Morgan fingerprint density at radius 2 is 1.61 bits per heavy atom. The molecule has 0 aliphatic rings. The lowest BCUT2D eigenvalue weighted by atomic mass is 10.0. The van der Waals surface area contributed by atoms with Crippen LogP contribution in [0.1, 0.15) is 16.7 Å². The third kappa shape index (κ3) is 7.99. The minimum Gasteiger partial charge on any atom is -0.496 e. The van der Waals surface area contributed by atoms with Gasteiger partial charge in [-0.1, -0.05) is 71.8 Å². The van der Waals surface area contributed by atoms with Gasteiger partial charge in [0, 0.05) is 25.0 Å². The number of methoxy groups -OCH3 is 1. The molecule has 0 aliphatic heterocycles. The molecule has 0 unspecified atom stereocenters. The van der Waals surface area contributed by atoms with Crippen molar-refractivity contribution in [3.8, 4) is 5.75 Å². The van der Waals surface area contributed by atoms with Gasteiger partial charge in [0.05, 0.1) is 22.2 Å². The number of carbonyl (C=O) groups excluding carboxylic acids is 2. The molecule has 0 saturated carbocycles. The summed E-state index contributed by atoms with van der Waals surface area (Å²) in [6.45, 7) is 1.36. The minimum atomic E-state index is -4.25. The fraction of sp³-hybridized carbons (Fsp3) is 0.212. The van der Waals surface area contributed by atoms with E-state index in [1.165, 1.54) is 31.2 Å². The summed E-state index contributed by atoms with van der Waals surface area (Å²) in [4.78, 5) is 29.1. The van der Waals surface area contributed by atoms with Gasteiger partial charge in [0.1, 0.15) is 18.3 Å². The van der Waals surface area contributed by atoms with E-state index in [0.29, 0.717) is 26.5 Å². The predicted octanol–water partition coefficient (Wildman–Crippen LogP) is 6.00. The number of hydrogen-bond acceptors (Lipinski definition) is 5. The fourth-order valence-corrected chi connectivity index (χ4v) is 7.07. The fourth-order valence-electron chi connectivity index (χ4n) is 4.73. The molecule has 4 aromatic carbocycles. The van der Waals surface area contributed by atoms with Gasteiger partial charge in [-0.15, -0.1) is 0 Å². The summed E-state index contributed by atoms with van der Waals surface area (Å²) in [5, 5.41) is 3.15. The number of nitrogens with zero attached hydrogens (tertiary/aromatic N) is 2. The third-order valence-electron chi connectivity index (χ3n) is 7.07. The lowest BCUT2D eigenvalue weighted by molar-refractivity contribution is -0.139. The SMILES string of the molecule is CNC(=O)[C@@H](Cc1ccccc1)N(Cc1cccc(Cl)c1)C(=O)CN(c1ccc(C)cc1)S(=O)(=O)c1ccc(OC)c(Br)c1. The summed E-state index contributed by atoms with van der Waals surface area (Å²) in [5.41, 5.74) is 2.76. The normalized spacial score (nSPS) is 11.8. The van der Waals surface area contributed by atoms with E-state index in [9.17, 15) is 18.0 Å². The molecule has 0 bridgehead atoms. The van der Waals surface area contributed by atoms with Crippen molar-refractivity contribution in [3.05, 3.63) is 123 Å². The molecule has 2 amide bonds. The summed E-state index contributed by atoms with van der Waals surface area (Å²) >= 11 is 9.63. The highest BCUT2D eigenvalue weighted by atomic mass is 79.9. The van der Waals surface area contributed by atoms with Gasteiger partial charge in [-0.25, -0.2) is 8.42 Å². The Kier molecular flexibility index (Phi) is 11.1. The molecule has 0 aromatic heterocycles. The van der Waals surface area contributed by atoms with Crippen molar-refractivity contribution in [3.63, 3.8) is 0 Å². The second-order valence-corrected chi connectivity index (χ2v) is 13.3. The van der Waals surface area contributed by atoms with Crippen molar-refractivity contribution in [2.24, 2.45) is 0 Å². The monoisotopic (exact) mass is 697 g/mol. The number of rotatable bonds is 12. The topological polar surface area (TPSA) is 96.0 Å². The van der Waals surface area contributed by atoms with Gasteiger partial charge in [-0.05, 0) is 76.4 Å². The van der Waals surface area contributed by atoms with Gasteiger partial charge in [0.15, 0.2) is 0 Å². The van der Waals surface area contributed by atoms with Gasteiger partial charge >= 0.3 is 0 Å². The van der Waals surface area contributed by atoms with Crippen LogP contribution >= 0.6 is 27.5 Å². The van der Waals surface area contributed by atoms with Crippen molar-refractivity contribution in [1.82, 2.24) is 10.2 Å². The number of nitrogens with one attached hydrogen (secondary N) is 1. The largest absolute Gasteiger partial charge is 0.496 e. The molecule has 0 radical (unpaired) electrons. The molecule has 0 fully saturated rings. The van der Waals surface area contributed by atoms with Crippen LogP contribution in [-0.4, -0.2) is 51.9 Å². The highest BCUT2D eigenvalue weighted by Gasteiger charge is 2.34. The molecule has 1 N–H and O–H groups in total. The summed E-state index contributed by atoms with van der Waals surface area (Å²) < 4.78 is 35.1. The van der Waals surface area contributed by atoms with Crippen LogP contribution in [0.2, 0.25) is 5.02 Å². The highest BCUT2D eigenvalue weighted by Crippen LogP contribution is 2.31. The van der Waals surface area contributed by atoms with Gasteiger partial charge < -0.3 is 15.0 Å². The molecule has 0 saturated heterocycles. The van der Waals surface area contributed by atoms with Crippen LogP contribution in [0.5, 0.6) is 5.75 Å². The Hall–Kier alpha value is -3.86. The Balaban J connectivity index is 1.80. The maximum absolute atomic E-state index is 14.4. The Bertz CT molecular complexity index is 1720. The molecule has 0 aliphatic carbocycles. The number of ether oxygens (including phenoxy) is 1. The first-order valence-corrected chi connectivity index (χ1v) is 16.4. The molecule has 4 aromatic rings. The average molecular weight is 699 g/mol. The molecule has 11 heteroatoms. The molecule has 230 valence electrons. The number of aryl methyl sites for hydroxylation is 1. The van der Waals surface area contributed by atoms with Crippen LogP contribution in [0.4, 0.5) is 5.69 Å². The van der Waals surface area contributed by atoms with Gasteiger partial charge in [0.25, 0.3) is 10.0 Å². The quantitative estimate of drug-likeness (QED) is 0.196. The third-order valence-corrected chi connectivity index (χ3v) is 9.70. The first-order valence-electron chi connectivity index (χ1n) is 13.8. The van der Waals surface area contributed by atoms with Crippen LogP contribution in [-0.2, 0) is 32.6 Å². The standard InChI is InChI=1S/C33H33BrClN3O5S/c1-23-12-14-27(15-13-23)38(44(41,42)28-16-17-31(43-3)29(34)20-28)22-32(39)37(21-25-10-7-11-26(35)18-25)30(33(40)36-2)19-24-8-5-4-6-9-24/h4-18,20,30H,19,21-22H2,1-3H3,(H,36,40)/t30-/m1/s1. The lowest BCUT2D eigenvalue weighted by Crippen LogP contribution is -2.53. The zero-order chi connectivity index (χ0) is 31.9. The lowest BCUT2D eigenvalue weighted by Gasteiger charge is -2.33. The van der Waals surface area contributed by atoms with Crippen molar-refractivity contribution in [1.29, 1.82) is 0 Å². The molecular weight excluding hydrogens is 666 g/mol. The average Bonchev–Trinajstić information content (AvgIpc) is 3.02. The molecule has 0 spiro atoms. The van der Waals surface area contributed by atoms with Crippen LogP contribution in [0.25, 0.3) is 0 Å². The Morgan fingerprint density at radius 1 is 0.932 bits per heavy atom. The number of hydrogen-bond donors (Lipinski definition) is 1. The molecule has 0 heterocycles. The van der Waals surface area contributed by atoms with Gasteiger partial charge in [0.2, 0.25) is 11.8 Å². The number of carbonyl (C=O) groups is 2. The van der Waals surface area contributed by atoms with E-state index >= 15 is 0 Å². The summed E-state index contributed by atoms with van der Waals surface area (Å²) in [6.07, 6.45) is 0.218. The molecule has 4 rings (SSSR count). The second kappa shape index (κ2) is 14.7. The highest BCUT2D eigenvalue weighted by molar-refractivity contribution is 9.10. The van der Waals surface area contributed by atoms with E-state index in [1.54, 1.807) is 54.6 Å². The van der Waals surface area contributed by atoms with Gasteiger partial charge in [-0.3, -0.25) is 13.9 Å². The summed E-state index contributed by atoms with van der Waals surface area (Å²) in [5.74, 6) is -0.483. The number of halogens is 2. The van der Waals surface area contributed by atoms with E-state index in [2.05, 4.69) is 21.2 Å². The first-order chi connectivity index (χ1) is 21.0. The molecule has 1 atom stereocenters. The van der Waals surface area contributed by atoms with E-state index in [-0.39, 0.29) is 23.8 Å². The van der Waals surface area contributed by atoms with Gasteiger partial charge in [-0.2, -0.15) is 0 Å². The zero-order valence-corrected chi connectivity index (χ0v) is 27.7. The second-order valence-electron chi connectivity index (χ2n) is 10.1. The number of benzene rings is 4. The number of sulfonamides is 1. The number of amides is 2. The van der Waals surface area contributed by atoms with Crippen molar-refractivity contribution in [2.45, 2.75) is 30.8 Å². The first kappa shape index (κ1) is 33.0. The summed E-state index contributed by atoms with van der Waals surface area (Å²) in [7, 11) is -1.26. The van der Waals surface area contributed by atoms with E-state index in [1.807, 2.05) is 37.3 Å². The van der Waals surface area contributed by atoms with Crippen LogP contribution in [0, 0.1) is 6.92 Å². The minimum absolute atomic E-state index is 0.0280. The predicted molar refractivity (Wildman–Crippen MR) is 176 cm³/mol. The zero-order valence-electron chi connectivity index (χ0n) is 24.5. The maximum Gasteiger partial charge on any atom is 0.264 e. The van der Waals surface area contributed by atoms with E-state index in [0.717, 1.165) is 15.4 Å². The van der Waals surface area contributed by atoms with Crippen LogP contribution in [0.3, 0.4) is 0 Å². The van der Waals surface area contributed by atoms with E-state index in [4.69, 9.17) is 16.3 Å². The molecule has 44 heavy (non-hydrogen) atoms. The molecular formula is C33H33BrClN3O5S. The van der Waals surface area contributed by atoms with Crippen LogP contribution in [0.15, 0.2) is 106 Å². The summed E-state index contributed by atoms with van der Waals surface area (Å²) in [6, 6.07) is 26.7. The smallest absolute Gasteiger partial charge is 0.264 e. The Morgan fingerprint density at radius 3 is 2.23 bits per heavy atom. The van der Waals surface area contributed by atoms with Crippen molar-refractivity contribution >= 4 is 55.1 Å².